The third-order valence-corrected chi connectivity index (χ3v) is 2.90. The van der Waals surface area contributed by atoms with Crippen LogP contribution in [-0.2, 0) is 4.79 Å². The Morgan fingerprint density at radius 2 is 1.91 bits per heavy atom. The van der Waals surface area contributed by atoms with Gasteiger partial charge in [-0.3, -0.25) is 9.59 Å². The molecular formula is C14H12F3N3O3. The Bertz CT molecular complexity index is 761. The molecule has 0 saturated carbocycles. The van der Waals surface area contributed by atoms with E-state index in [9.17, 15) is 22.8 Å². The summed E-state index contributed by atoms with van der Waals surface area (Å²) in [5, 5.41) is 8.08. The molecule has 0 spiro atoms. The number of aromatic nitrogens is 1. The second kappa shape index (κ2) is 6.51. The van der Waals surface area contributed by atoms with Crippen LogP contribution in [0.2, 0.25) is 0 Å². The van der Waals surface area contributed by atoms with E-state index < -0.39 is 40.9 Å². The smallest absolute Gasteiger partial charge is 0.255 e. The molecule has 0 saturated heterocycles. The van der Waals surface area contributed by atoms with E-state index in [0.29, 0.717) is 11.8 Å². The summed E-state index contributed by atoms with van der Waals surface area (Å²) in [5.74, 6) is -5.87. The molecule has 1 aromatic carbocycles. The van der Waals surface area contributed by atoms with Crippen LogP contribution in [0.25, 0.3) is 0 Å². The number of amides is 2. The molecule has 6 nitrogen and oxygen atoms in total. The number of rotatable bonds is 4. The Morgan fingerprint density at radius 3 is 2.52 bits per heavy atom. The van der Waals surface area contributed by atoms with E-state index in [2.05, 4.69) is 15.8 Å². The lowest BCUT2D eigenvalue weighted by molar-refractivity contribution is -0.117. The fraction of sp³-hybridized carbons (Fsp3) is 0.214. The first-order chi connectivity index (χ1) is 10.8. The van der Waals surface area contributed by atoms with Gasteiger partial charge in [-0.15, -0.1) is 0 Å². The van der Waals surface area contributed by atoms with Crippen LogP contribution in [0.1, 0.15) is 23.0 Å². The molecule has 1 heterocycles. The Morgan fingerprint density at radius 1 is 1.22 bits per heavy atom. The van der Waals surface area contributed by atoms with Gasteiger partial charge in [-0.2, -0.15) is 0 Å². The largest absolute Gasteiger partial charge is 0.360 e. The van der Waals surface area contributed by atoms with Gasteiger partial charge in [0.2, 0.25) is 5.91 Å². The van der Waals surface area contributed by atoms with Gasteiger partial charge in [0.15, 0.2) is 23.3 Å². The number of hydrogen-bond acceptors (Lipinski definition) is 4. The van der Waals surface area contributed by atoms with Crippen LogP contribution in [0.5, 0.6) is 0 Å². The van der Waals surface area contributed by atoms with Gasteiger partial charge in [0, 0.05) is 6.07 Å². The molecule has 2 rings (SSSR count). The van der Waals surface area contributed by atoms with Crippen LogP contribution in [0.15, 0.2) is 22.7 Å². The van der Waals surface area contributed by atoms with Crippen molar-refractivity contribution >= 4 is 17.6 Å². The summed E-state index contributed by atoms with van der Waals surface area (Å²) >= 11 is 0. The van der Waals surface area contributed by atoms with Crippen molar-refractivity contribution in [1.29, 1.82) is 0 Å². The second-order valence-corrected chi connectivity index (χ2v) is 4.73. The van der Waals surface area contributed by atoms with Crippen molar-refractivity contribution in [3.05, 3.63) is 47.0 Å². The number of carbonyl (C=O) groups is 2. The van der Waals surface area contributed by atoms with Gasteiger partial charge in [-0.05, 0) is 26.0 Å². The van der Waals surface area contributed by atoms with Gasteiger partial charge in [0.1, 0.15) is 11.8 Å². The Labute approximate surface area is 128 Å². The molecule has 2 amide bonds. The average molecular weight is 327 g/mol. The van der Waals surface area contributed by atoms with Gasteiger partial charge < -0.3 is 15.2 Å². The summed E-state index contributed by atoms with van der Waals surface area (Å²) in [6.07, 6.45) is 0. The molecule has 23 heavy (non-hydrogen) atoms. The lowest BCUT2D eigenvalue weighted by Crippen LogP contribution is -2.42. The average Bonchev–Trinajstić information content (AvgIpc) is 2.89. The van der Waals surface area contributed by atoms with Gasteiger partial charge in [0.25, 0.3) is 5.91 Å². The fourth-order valence-electron chi connectivity index (χ4n) is 1.70. The Kier molecular flexibility index (Phi) is 4.68. The zero-order valence-corrected chi connectivity index (χ0v) is 12.1. The fourth-order valence-corrected chi connectivity index (χ4v) is 1.70. The first-order valence-electron chi connectivity index (χ1n) is 6.48. The van der Waals surface area contributed by atoms with Crippen LogP contribution in [0.3, 0.4) is 0 Å². The Hall–Kier alpha value is -2.84. The third kappa shape index (κ3) is 3.68. The standard InChI is InChI=1S/C14H12F3N3O3/c1-6-5-10(20-23-6)19-13(21)7(2)18-14(22)8-3-4-9(15)12(17)11(8)16/h3-5,7H,1-2H3,(H,18,22)(H,19,20,21)/t7-/m0/s1. The van der Waals surface area contributed by atoms with Crippen LogP contribution in [0, 0.1) is 24.4 Å². The van der Waals surface area contributed by atoms with Gasteiger partial charge >= 0.3 is 0 Å². The van der Waals surface area contributed by atoms with Crippen LogP contribution >= 0.6 is 0 Å². The van der Waals surface area contributed by atoms with Crippen molar-refractivity contribution in [2.24, 2.45) is 0 Å². The van der Waals surface area contributed by atoms with Gasteiger partial charge in [-0.25, -0.2) is 13.2 Å². The van der Waals surface area contributed by atoms with Crippen LogP contribution in [-0.4, -0.2) is 23.0 Å². The summed E-state index contributed by atoms with van der Waals surface area (Å²) in [5.41, 5.74) is -0.708. The number of nitrogens with one attached hydrogen (secondary N) is 2. The second-order valence-electron chi connectivity index (χ2n) is 4.73. The number of nitrogens with zero attached hydrogens (tertiary/aromatic N) is 1. The summed E-state index contributed by atoms with van der Waals surface area (Å²) < 4.78 is 44.2. The molecule has 2 N–H and O–H groups in total. The highest BCUT2D eigenvalue weighted by Gasteiger charge is 2.22. The highest BCUT2D eigenvalue weighted by Crippen LogP contribution is 2.15. The van der Waals surface area contributed by atoms with E-state index in [1.54, 1.807) is 6.92 Å². The van der Waals surface area contributed by atoms with Crippen molar-refractivity contribution in [3.8, 4) is 0 Å². The normalized spacial score (nSPS) is 11.9. The zero-order chi connectivity index (χ0) is 17.1. The summed E-state index contributed by atoms with van der Waals surface area (Å²) in [7, 11) is 0. The van der Waals surface area contributed by atoms with Crippen molar-refractivity contribution in [2.75, 3.05) is 5.32 Å². The number of carbonyl (C=O) groups excluding carboxylic acids is 2. The number of anilines is 1. The molecule has 0 fully saturated rings. The molecule has 0 aliphatic carbocycles. The van der Waals surface area contributed by atoms with Crippen molar-refractivity contribution in [1.82, 2.24) is 10.5 Å². The molecule has 1 atom stereocenters. The monoisotopic (exact) mass is 327 g/mol. The maximum Gasteiger partial charge on any atom is 0.255 e. The SMILES string of the molecule is Cc1cc(NC(=O)[C@H](C)NC(=O)c2ccc(F)c(F)c2F)no1. The first-order valence-corrected chi connectivity index (χ1v) is 6.48. The van der Waals surface area contributed by atoms with Crippen LogP contribution < -0.4 is 10.6 Å². The summed E-state index contributed by atoms with van der Waals surface area (Å²) in [6, 6.07) is 1.79. The first kappa shape index (κ1) is 16.5. The third-order valence-electron chi connectivity index (χ3n) is 2.90. The highest BCUT2D eigenvalue weighted by atomic mass is 19.2. The number of hydrogen-bond donors (Lipinski definition) is 2. The van der Waals surface area contributed by atoms with Crippen molar-refractivity contribution in [3.63, 3.8) is 0 Å². The topological polar surface area (TPSA) is 84.2 Å². The van der Waals surface area contributed by atoms with E-state index in [-0.39, 0.29) is 5.82 Å². The van der Waals surface area contributed by atoms with Gasteiger partial charge in [0.05, 0.1) is 5.56 Å². The molecule has 0 aliphatic rings. The van der Waals surface area contributed by atoms with E-state index in [4.69, 9.17) is 4.52 Å². The van der Waals surface area contributed by atoms with E-state index >= 15 is 0 Å². The molecule has 122 valence electrons. The quantitative estimate of drug-likeness (QED) is 0.843. The van der Waals surface area contributed by atoms with E-state index in [1.807, 2.05) is 0 Å². The minimum absolute atomic E-state index is 0.146. The van der Waals surface area contributed by atoms with Crippen LogP contribution in [0.4, 0.5) is 19.0 Å². The Balaban J connectivity index is 2.04. The summed E-state index contributed by atoms with van der Waals surface area (Å²) in [4.78, 5) is 23.7. The predicted molar refractivity (Wildman–Crippen MR) is 73.1 cm³/mol. The molecule has 0 aliphatic heterocycles. The molecule has 0 radical (unpaired) electrons. The predicted octanol–water partition coefficient (Wildman–Crippen LogP) is 2.16. The molecule has 2 aromatic rings. The molecule has 1 aromatic heterocycles. The molecule has 0 unspecified atom stereocenters. The summed E-state index contributed by atoms with van der Waals surface area (Å²) in [6.45, 7) is 2.96. The minimum atomic E-state index is -1.76. The number of benzene rings is 1. The van der Waals surface area contributed by atoms with E-state index in [1.165, 1.54) is 13.0 Å². The molecular weight excluding hydrogens is 315 g/mol. The zero-order valence-electron chi connectivity index (χ0n) is 12.1. The van der Waals surface area contributed by atoms with E-state index in [0.717, 1.165) is 6.07 Å². The lowest BCUT2D eigenvalue weighted by Gasteiger charge is -2.13. The number of aryl methyl sites for hydroxylation is 1. The highest BCUT2D eigenvalue weighted by molar-refractivity contribution is 6.00. The lowest BCUT2D eigenvalue weighted by atomic mass is 10.1. The van der Waals surface area contributed by atoms with Crippen molar-refractivity contribution < 1.29 is 27.3 Å². The van der Waals surface area contributed by atoms with Crippen molar-refractivity contribution in [2.45, 2.75) is 19.9 Å². The molecule has 9 heteroatoms. The maximum absolute atomic E-state index is 13.5. The molecule has 0 bridgehead atoms. The minimum Gasteiger partial charge on any atom is -0.360 e. The number of halogens is 3. The maximum atomic E-state index is 13.5. The van der Waals surface area contributed by atoms with Gasteiger partial charge in [-0.1, -0.05) is 5.16 Å².